The largest absolute Gasteiger partial charge is 0.391 e. The second kappa shape index (κ2) is 4.40. The van der Waals surface area contributed by atoms with Crippen molar-refractivity contribution in [2.24, 2.45) is 0 Å². The summed E-state index contributed by atoms with van der Waals surface area (Å²) in [7, 11) is 0. The predicted molar refractivity (Wildman–Crippen MR) is 38.5 cm³/mol. The standard InChI is InChI=1S/C6H13NO4/c1-3(8)5(10)6(11)4(9)2-7/h2-11H,1H3/t3-,4+,5-,6-/m1/s1. The van der Waals surface area contributed by atoms with Crippen molar-refractivity contribution in [1.82, 2.24) is 0 Å². The summed E-state index contributed by atoms with van der Waals surface area (Å²) in [5, 5.41) is 41.9. The van der Waals surface area contributed by atoms with Gasteiger partial charge in [0.15, 0.2) is 0 Å². The zero-order valence-electron chi connectivity index (χ0n) is 6.18. The zero-order valence-corrected chi connectivity index (χ0v) is 6.18. The van der Waals surface area contributed by atoms with Gasteiger partial charge in [0, 0.05) is 6.21 Å². The van der Waals surface area contributed by atoms with Crippen LogP contribution in [0.3, 0.4) is 0 Å². The highest BCUT2D eigenvalue weighted by molar-refractivity contribution is 5.59. The molecule has 0 aromatic heterocycles. The average molecular weight is 163 g/mol. The molecule has 0 saturated carbocycles. The van der Waals surface area contributed by atoms with Gasteiger partial charge in [0.2, 0.25) is 0 Å². The fraction of sp³-hybridized carbons (Fsp3) is 0.833. The molecule has 0 radical (unpaired) electrons. The Morgan fingerprint density at radius 3 is 1.82 bits per heavy atom. The molecular weight excluding hydrogens is 150 g/mol. The molecule has 66 valence electrons. The quantitative estimate of drug-likeness (QED) is 0.312. The van der Waals surface area contributed by atoms with Gasteiger partial charge in [-0.3, -0.25) is 0 Å². The van der Waals surface area contributed by atoms with Crippen LogP contribution in [0.25, 0.3) is 0 Å². The van der Waals surface area contributed by atoms with Gasteiger partial charge in [0.25, 0.3) is 0 Å². The molecule has 5 heteroatoms. The number of aliphatic hydroxyl groups excluding tert-OH is 4. The van der Waals surface area contributed by atoms with E-state index in [0.717, 1.165) is 0 Å². The van der Waals surface area contributed by atoms with Crippen LogP contribution in [-0.2, 0) is 0 Å². The number of rotatable bonds is 4. The molecule has 0 aliphatic heterocycles. The third-order valence-corrected chi connectivity index (χ3v) is 1.36. The molecule has 4 atom stereocenters. The predicted octanol–water partition coefficient (Wildman–Crippen LogP) is -1.90. The molecule has 0 aromatic rings. The van der Waals surface area contributed by atoms with Crippen LogP contribution in [0.15, 0.2) is 0 Å². The van der Waals surface area contributed by atoms with Crippen molar-refractivity contribution in [1.29, 1.82) is 5.41 Å². The van der Waals surface area contributed by atoms with Crippen molar-refractivity contribution in [3.05, 3.63) is 0 Å². The highest BCUT2D eigenvalue weighted by atomic mass is 16.4. The minimum Gasteiger partial charge on any atom is -0.391 e. The molecule has 0 aliphatic rings. The molecule has 0 fully saturated rings. The first-order valence-corrected chi connectivity index (χ1v) is 3.23. The van der Waals surface area contributed by atoms with E-state index in [9.17, 15) is 0 Å². The lowest BCUT2D eigenvalue weighted by atomic mass is 10.1. The molecule has 0 spiro atoms. The monoisotopic (exact) mass is 163 g/mol. The molecule has 5 N–H and O–H groups in total. The Labute approximate surface area is 64.4 Å². The molecule has 0 aromatic carbocycles. The van der Waals surface area contributed by atoms with E-state index >= 15 is 0 Å². The lowest BCUT2D eigenvalue weighted by Crippen LogP contribution is -2.43. The van der Waals surface area contributed by atoms with Gasteiger partial charge in [-0.1, -0.05) is 0 Å². The molecule has 0 saturated heterocycles. The highest BCUT2D eigenvalue weighted by Crippen LogP contribution is 2.02. The second-order valence-electron chi connectivity index (χ2n) is 2.38. The van der Waals surface area contributed by atoms with E-state index in [-0.39, 0.29) is 0 Å². The number of nitrogens with one attached hydrogen (secondary N) is 1. The van der Waals surface area contributed by atoms with E-state index < -0.39 is 24.4 Å². The summed E-state index contributed by atoms with van der Waals surface area (Å²) < 4.78 is 0. The van der Waals surface area contributed by atoms with Crippen molar-refractivity contribution in [3.63, 3.8) is 0 Å². The number of aliphatic hydroxyl groups is 4. The first kappa shape index (κ1) is 10.5. The fourth-order valence-electron chi connectivity index (χ4n) is 0.586. The molecule has 0 amide bonds. The Hall–Kier alpha value is -0.490. The number of hydrogen-bond acceptors (Lipinski definition) is 5. The van der Waals surface area contributed by atoms with E-state index in [2.05, 4.69) is 0 Å². The molecule has 0 heterocycles. The van der Waals surface area contributed by atoms with Gasteiger partial charge in [0.05, 0.1) is 6.10 Å². The summed E-state index contributed by atoms with van der Waals surface area (Å²) in [4.78, 5) is 0. The van der Waals surface area contributed by atoms with Gasteiger partial charge < -0.3 is 25.8 Å². The normalized spacial score (nSPS) is 21.9. The Morgan fingerprint density at radius 1 is 1.09 bits per heavy atom. The van der Waals surface area contributed by atoms with Crippen LogP contribution in [0.2, 0.25) is 0 Å². The zero-order chi connectivity index (χ0) is 9.02. The van der Waals surface area contributed by atoms with Crippen LogP contribution < -0.4 is 0 Å². The Balaban J connectivity index is 4.00. The summed E-state index contributed by atoms with van der Waals surface area (Å²) in [5.74, 6) is 0. The average Bonchev–Trinajstić information content (AvgIpc) is 2.00. The lowest BCUT2D eigenvalue weighted by Gasteiger charge is -2.21. The Kier molecular flexibility index (Phi) is 4.20. The number of hydrogen-bond donors (Lipinski definition) is 5. The third kappa shape index (κ3) is 2.94. The summed E-state index contributed by atoms with van der Waals surface area (Å²) in [6.07, 6.45) is -4.89. The van der Waals surface area contributed by atoms with Crippen molar-refractivity contribution >= 4 is 6.21 Å². The first-order valence-electron chi connectivity index (χ1n) is 3.23. The molecule has 0 unspecified atom stereocenters. The minimum absolute atomic E-state index is 0.594. The SMILES string of the molecule is C[C@@H](O)[C@@H](O)[C@H](O)[C@@H](O)C=N. The van der Waals surface area contributed by atoms with Gasteiger partial charge in [-0.25, -0.2) is 0 Å². The maximum absolute atomic E-state index is 8.95. The maximum Gasteiger partial charge on any atom is 0.117 e. The Bertz CT molecular complexity index is 128. The lowest BCUT2D eigenvalue weighted by molar-refractivity contribution is -0.0821. The molecule has 11 heavy (non-hydrogen) atoms. The maximum atomic E-state index is 8.95. The summed E-state index contributed by atoms with van der Waals surface area (Å²) in [6.45, 7) is 1.28. The van der Waals surface area contributed by atoms with Crippen LogP contribution in [0.4, 0.5) is 0 Å². The fourth-order valence-corrected chi connectivity index (χ4v) is 0.586. The molecule has 0 aliphatic carbocycles. The van der Waals surface area contributed by atoms with Gasteiger partial charge in [-0.2, -0.15) is 0 Å². The van der Waals surface area contributed by atoms with Crippen molar-refractivity contribution in [3.8, 4) is 0 Å². The summed E-state index contributed by atoms with van der Waals surface area (Å²) in [5.41, 5.74) is 0. The van der Waals surface area contributed by atoms with E-state index in [0.29, 0.717) is 6.21 Å². The Morgan fingerprint density at radius 2 is 1.55 bits per heavy atom. The van der Waals surface area contributed by atoms with Gasteiger partial charge in [-0.05, 0) is 6.92 Å². The summed E-state index contributed by atoms with van der Waals surface area (Å²) >= 11 is 0. The second-order valence-corrected chi connectivity index (χ2v) is 2.38. The molecule has 5 nitrogen and oxygen atoms in total. The third-order valence-electron chi connectivity index (χ3n) is 1.36. The van der Waals surface area contributed by atoms with Crippen LogP contribution in [0.5, 0.6) is 0 Å². The van der Waals surface area contributed by atoms with Crippen molar-refractivity contribution in [2.75, 3.05) is 0 Å². The highest BCUT2D eigenvalue weighted by Gasteiger charge is 2.26. The molecule has 0 bridgehead atoms. The summed E-state index contributed by atoms with van der Waals surface area (Å²) in [6, 6.07) is 0. The van der Waals surface area contributed by atoms with E-state index in [4.69, 9.17) is 25.8 Å². The van der Waals surface area contributed by atoms with Gasteiger partial charge in [0.1, 0.15) is 18.3 Å². The van der Waals surface area contributed by atoms with Crippen LogP contribution in [-0.4, -0.2) is 51.1 Å². The van der Waals surface area contributed by atoms with Gasteiger partial charge in [-0.15, -0.1) is 0 Å². The molecular formula is C6H13NO4. The van der Waals surface area contributed by atoms with Crippen LogP contribution in [0.1, 0.15) is 6.92 Å². The van der Waals surface area contributed by atoms with E-state index in [1.165, 1.54) is 6.92 Å². The topological polar surface area (TPSA) is 105 Å². The van der Waals surface area contributed by atoms with Crippen molar-refractivity contribution in [2.45, 2.75) is 31.3 Å². The molecule has 0 rings (SSSR count). The smallest absolute Gasteiger partial charge is 0.117 e. The minimum atomic E-state index is -1.51. The van der Waals surface area contributed by atoms with Crippen LogP contribution in [0, 0.1) is 5.41 Å². The first-order chi connectivity index (χ1) is 5.00. The van der Waals surface area contributed by atoms with E-state index in [1.54, 1.807) is 0 Å². The van der Waals surface area contributed by atoms with E-state index in [1.807, 2.05) is 0 Å². The van der Waals surface area contributed by atoms with Crippen molar-refractivity contribution < 1.29 is 20.4 Å². The van der Waals surface area contributed by atoms with Crippen LogP contribution >= 0.6 is 0 Å². The van der Waals surface area contributed by atoms with Gasteiger partial charge >= 0.3 is 0 Å².